The summed E-state index contributed by atoms with van der Waals surface area (Å²) in [6.45, 7) is 6.77. The first-order valence-electron chi connectivity index (χ1n) is 9.26. The van der Waals surface area contributed by atoms with Gasteiger partial charge >= 0.3 is 0 Å². The molecule has 0 amide bonds. The van der Waals surface area contributed by atoms with Crippen LogP contribution in [0.1, 0.15) is 50.5 Å². The van der Waals surface area contributed by atoms with E-state index in [9.17, 15) is 4.79 Å². The molecule has 1 N–H and O–H groups in total. The summed E-state index contributed by atoms with van der Waals surface area (Å²) in [7, 11) is 0. The molecule has 26 heavy (non-hydrogen) atoms. The second-order valence-electron chi connectivity index (χ2n) is 7.20. The Morgan fingerprint density at radius 3 is 2.77 bits per heavy atom. The van der Waals surface area contributed by atoms with Gasteiger partial charge in [-0.15, -0.1) is 0 Å². The van der Waals surface area contributed by atoms with Crippen LogP contribution in [0.15, 0.2) is 35.5 Å². The van der Waals surface area contributed by atoms with Gasteiger partial charge in [-0.2, -0.15) is 10.1 Å². The molecular formula is C20H24N4O2. The number of Topliss-reactive ketones (excluding diaryl/α,β-unsaturated/α-hetero) is 1. The molecule has 1 aliphatic carbocycles. The highest BCUT2D eigenvalue weighted by Crippen LogP contribution is 2.41. The molecule has 0 saturated carbocycles. The molecule has 0 bridgehead atoms. The molecule has 2 heterocycles. The number of carbonyl (C=O) groups excluding carboxylic acids is 1. The minimum absolute atomic E-state index is 0.196. The van der Waals surface area contributed by atoms with Gasteiger partial charge in [0, 0.05) is 17.7 Å². The van der Waals surface area contributed by atoms with E-state index >= 15 is 0 Å². The summed E-state index contributed by atoms with van der Waals surface area (Å²) >= 11 is 0. The number of benzene rings is 1. The summed E-state index contributed by atoms with van der Waals surface area (Å²) in [5.41, 5.74) is 2.84. The van der Waals surface area contributed by atoms with Crippen LogP contribution in [0.25, 0.3) is 0 Å². The fourth-order valence-corrected chi connectivity index (χ4v) is 3.79. The van der Waals surface area contributed by atoms with E-state index in [-0.39, 0.29) is 11.8 Å². The van der Waals surface area contributed by atoms with Crippen molar-refractivity contribution in [2.24, 2.45) is 5.92 Å². The maximum absolute atomic E-state index is 12.9. The molecule has 1 aromatic carbocycles. The third kappa shape index (κ3) is 2.89. The van der Waals surface area contributed by atoms with Gasteiger partial charge in [0.2, 0.25) is 5.95 Å². The first-order chi connectivity index (χ1) is 12.6. The lowest BCUT2D eigenvalue weighted by atomic mass is 9.81. The van der Waals surface area contributed by atoms with Gasteiger partial charge in [0.15, 0.2) is 5.78 Å². The van der Waals surface area contributed by atoms with Gasteiger partial charge in [0.05, 0.1) is 6.61 Å². The number of carbonyl (C=O) groups is 1. The van der Waals surface area contributed by atoms with Gasteiger partial charge < -0.3 is 10.1 Å². The van der Waals surface area contributed by atoms with E-state index in [4.69, 9.17) is 4.74 Å². The van der Waals surface area contributed by atoms with Gasteiger partial charge in [-0.1, -0.05) is 26.0 Å². The summed E-state index contributed by atoms with van der Waals surface area (Å²) in [5.74, 6) is 2.79. The van der Waals surface area contributed by atoms with E-state index in [2.05, 4.69) is 29.2 Å². The predicted octanol–water partition coefficient (Wildman–Crippen LogP) is 3.64. The molecule has 2 atom stereocenters. The van der Waals surface area contributed by atoms with Crippen LogP contribution in [-0.4, -0.2) is 27.2 Å². The van der Waals surface area contributed by atoms with Gasteiger partial charge in [-0.05, 0) is 43.4 Å². The minimum atomic E-state index is -0.234. The number of nitrogens with zero attached hydrogens (tertiary/aromatic N) is 3. The van der Waals surface area contributed by atoms with Crippen molar-refractivity contribution in [1.82, 2.24) is 14.8 Å². The maximum atomic E-state index is 12.9. The van der Waals surface area contributed by atoms with E-state index in [1.165, 1.54) is 0 Å². The van der Waals surface area contributed by atoms with Crippen LogP contribution in [0.4, 0.5) is 5.95 Å². The van der Waals surface area contributed by atoms with Crippen molar-refractivity contribution in [2.45, 2.75) is 46.1 Å². The first kappa shape index (κ1) is 16.8. The summed E-state index contributed by atoms with van der Waals surface area (Å²) in [6.07, 6.45) is 2.42. The standard InChI is InChI=1S/C20H24N4O2/c1-4-9-26-15-7-5-14(6-8-15)19-18-16(10-12(2)11-17(18)25)22-20-21-13(3)23-24(19)20/h5-8,12,19H,4,9-11H2,1-3H3,(H,21,22,23)/t12-,19-/m1/s1. The zero-order valence-corrected chi connectivity index (χ0v) is 15.5. The Balaban J connectivity index is 1.77. The van der Waals surface area contributed by atoms with Crippen LogP contribution in [0.3, 0.4) is 0 Å². The predicted molar refractivity (Wildman–Crippen MR) is 99.2 cm³/mol. The van der Waals surface area contributed by atoms with Crippen molar-refractivity contribution >= 4 is 11.7 Å². The number of fused-ring (bicyclic) bond motifs is 1. The summed E-state index contributed by atoms with van der Waals surface area (Å²) in [6, 6.07) is 7.75. The van der Waals surface area contributed by atoms with Crippen LogP contribution >= 0.6 is 0 Å². The molecule has 2 aromatic rings. The van der Waals surface area contributed by atoms with Crippen molar-refractivity contribution in [3.63, 3.8) is 0 Å². The molecule has 0 spiro atoms. The third-order valence-electron chi connectivity index (χ3n) is 4.90. The van der Waals surface area contributed by atoms with Gasteiger partial charge in [-0.3, -0.25) is 4.79 Å². The average molecular weight is 352 g/mol. The summed E-state index contributed by atoms with van der Waals surface area (Å²) in [5, 5.41) is 7.89. The Kier molecular flexibility index (Phi) is 4.26. The zero-order chi connectivity index (χ0) is 18.3. The Bertz CT molecular complexity index is 866. The number of rotatable bonds is 4. The second-order valence-corrected chi connectivity index (χ2v) is 7.20. The number of nitrogens with one attached hydrogen (secondary N) is 1. The van der Waals surface area contributed by atoms with E-state index in [1.54, 1.807) is 0 Å². The number of anilines is 1. The van der Waals surface area contributed by atoms with E-state index in [1.807, 2.05) is 35.9 Å². The van der Waals surface area contributed by atoms with Gasteiger partial charge in [-0.25, -0.2) is 4.68 Å². The van der Waals surface area contributed by atoms with Gasteiger partial charge in [0.1, 0.15) is 17.6 Å². The SMILES string of the molecule is CCCOc1ccc([C@@H]2C3=C(C[C@@H](C)CC3=O)Nc3nc(C)nn32)cc1. The molecule has 6 heteroatoms. The van der Waals surface area contributed by atoms with Crippen LogP contribution in [0.5, 0.6) is 5.75 Å². The lowest BCUT2D eigenvalue weighted by Crippen LogP contribution is -2.33. The van der Waals surface area contributed by atoms with Crippen LogP contribution in [0, 0.1) is 12.8 Å². The molecule has 0 fully saturated rings. The smallest absolute Gasteiger partial charge is 0.226 e. The molecule has 1 aliphatic heterocycles. The van der Waals surface area contributed by atoms with Crippen LogP contribution in [-0.2, 0) is 4.79 Å². The highest BCUT2D eigenvalue weighted by atomic mass is 16.5. The van der Waals surface area contributed by atoms with E-state index < -0.39 is 0 Å². The lowest BCUT2D eigenvalue weighted by molar-refractivity contribution is -0.117. The van der Waals surface area contributed by atoms with Crippen molar-refractivity contribution in [2.75, 3.05) is 11.9 Å². The van der Waals surface area contributed by atoms with Crippen LogP contribution in [0.2, 0.25) is 0 Å². The van der Waals surface area contributed by atoms with Crippen molar-refractivity contribution in [3.05, 3.63) is 46.9 Å². The Hall–Kier alpha value is -2.63. The average Bonchev–Trinajstić information content (AvgIpc) is 2.98. The second kappa shape index (κ2) is 6.59. The zero-order valence-electron chi connectivity index (χ0n) is 15.5. The Morgan fingerprint density at radius 2 is 2.04 bits per heavy atom. The quantitative estimate of drug-likeness (QED) is 0.910. The van der Waals surface area contributed by atoms with E-state index in [0.29, 0.717) is 30.7 Å². The van der Waals surface area contributed by atoms with Crippen molar-refractivity contribution in [3.8, 4) is 5.75 Å². The molecule has 0 radical (unpaired) electrons. The van der Waals surface area contributed by atoms with Gasteiger partial charge in [0.25, 0.3) is 0 Å². The third-order valence-corrected chi connectivity index (χ3v) is 4.90. The first-order valence-corrected chi connectivity index (χ1v) is 9.26. The Labute approximate surface area is 153 Å². The fraction of sp³-hybridized carbons (Fsp3) is 0.450. The number of ether oxygens (including phenoxy) is 1. The summed E-state index contributed by atoms with van der Waals surface area (Å²) < 4.78 is 7.52. The monoisotopic (exact) mass is 352 g/mol. The molecule has 6 nitrogen and oxygen atoms in total. The largest absolute Gasteiger partial charge is 0.494 e. The van der Waals surface area contributed by atoms with Crippen LogP contribution < -0.4 is 10.1 Å². The lowest BCUT2D eigenvalue weighted by Gasteiger charge is -2.34. The normalized spacial score (nSPS) is 21.9. The molecule has 0 saturated heterocycles. The topological polar surface area (TPSA) is 69.0 Å². The maximum Gasteiger partial charge on any atom is 0.226 e. The number of hydrogen-bond acceptors (Lipinski definition) is 5. The van der Waals surface area contributed by atoms with Crippen molar-refractivity contribution in [1.29, 1.82) is 0 Å². The molecule has 0 unspecified atom stereocenters. The highest BCUT2D eigenvalue weighted by Gasteiger charge is 2.38. The fourth-order valence-electron chi connectivity index (χ4n) is 3.79. The number of ketones is 1. The number of aryl methyl sites for hydroxylation is 1. The summed E-state index contributed by atoms with van der Waals surface area (Å²) in [4.78, 5) is 17.4. The molecule has 136 valence electrons. The molecular weight excluding hydrogens is 328 g/mol. The minimum Gasteiger partial charge on any atom is -0.494 e. The number of hydrogen-bond donors (Lipinski definition) is 1. The molecule has 4 rings (SSSR count). The number of aromatic nitrogens is 3. The number of allylic oxidation sites excluding steroid dienone is 2. The molecule has 1 aromatic heterocycles. The van der Waals surface area contributed by atoms with Crippen molar-refractivity contribution < 1.29 is 9.53 Å². The molecule has 2 aliphatic rings. The Morgan fingerprint density at radius 1 is 1.27 bits per heavy atom. The van der Waals surface area contributed by atoms with E-state index in [0.717, 1.165) is 35.4 Å². The highest BCUT2D eigenvalue weighted by molar-refractivity contribution is 5.99.